The Morgan fingerprint density at radius 1 is 1.18 bits per heavy atom. The van der Waals surface area contributed by atoms with E-state index in [0.717, 1.165) is 30.9 Å². The quantitative estimate of drug-likeness (QED) is 0.684. The maximum absolute atomic E-state index is 13.0. The average molecular weight is 377 g/mol. The van der Waals surface area contributed by atoms with E-state index in [1.165, 1.54) is 0 Å². The van der Waals surface area contributed by atoms with Crippen LogP contribution in [0.5, 0.6) is 5.88 Å². The summed E-state index contributed by atoms with van der Waals surface area (Å²) in [6.07, 6.45) is 9.19. The van der Waals surface area contributed by atoms with Gasteiger partial charge in [-0.05, 0) is 31.0 Å². The Balaban J connectivity index is 1.50. The second-order valence-electron chi connectivity index (χ2n) is 6.91. The third-order valence-corrected chi connectivity index (χ3v) is 5.07. The summed E-state index contributed by atoms with van der Waals surface area (Å²) in [4.78, 5) is 28.0. The van der Waals surface area contributed by atoms with E-state index in [1.807, 2.05) is 35.5 Å². The molecular formula is C21H23N5O2. The Hall–Kier alpha value is -3.22. The van der Waals surface area contributed by atoms with Crippen molar-refractivity contribution in [1.82, 2.24) is 24.4 Å². The number of pyridine rings is 2. The van der Waals surface area contributed by atoms with Crippen molar-refractivity contribution >= 4 is 5.91 Å². The first-order valence-corrected chi connectivity index (χ1v) is 9.45. The Kier molecular flexibility index (Phi) is 5.32. The van der Waals surface area contributed by atoms with Crippen molar-refractivity contribution in [2.45, 2.75) is 25.3 Å². The van der Waals surface area contributed by atoms with E-state index in [4.69, 9.17) is 4.74 Å². The molecule has 0 spiro atoms. The SMILES string of the molecule is COc1cc(C(=O)N2CCCC(c3nccn3Cc3ccccn3)C2)ccn1. The Bertz CT molecular complexity index is 941. The molecule has 1 aliphatic rings. The lowest BCUT2D eigenvalue weighted by atomic mass is 9.96. The molecule has 0 saturated carbocycles. The van der Waals surface area contributed by atoms with Gasteiger partial charge in [0, 0.05) is 55.4 Å². The zero-order valence-corrected chi connectivity index (χ0v) is 15.9. The lowest BCUT2D eigenvalue weighted by molar-refractivity contribution is 0.0703. The molecule has 144 valence electrons. The number of rotatable bonds is 5. The van der Waals surface area contributed by atoms with Crippen molar-refractivity contribution in [1.29, 1.82) is 0 Å². The highest BCUT2D eigenvalue weighted by Crippen LogP contribution is 2.27. The van der Waals surface area contributed by atoms with Gasteiger partial charge in [-0.15, -0.1) is 0 Å². The van der Waals surface area contributed by atoms with E-state index < -0.39 is 0 Å². The number of likely N-dealkylation sites (tertiary alicyclic amines) is 1. The third-order valence-electron chi connectivity index (χ3n) is 5.07. The third kappa shape index (κ3) is 3.88. The van der Waals surface area contributed by atoms with E-state index in [0.29, 0.717) is 24.5 Å². The summed E-state index contributed by atoms with van der Waals surface area (Å²) in [5, 5.41) is 0. The molecule has 0 aromatic carbocycles. The molecule has 1 atom stereocenters. The maximum atomic E-state index is 13.0. The Morgan fingerprint density at radius 3 is 2.93 bits per heavy atom. The van der Waals surface area contributed by atoms with Crippen LogP contribution in [0.1, 0.15) is 40.6 Å². The van der Waals surface area contributed by atoms with Crippen LogP contribution in [0.2, 0.25) is 0 Å². The van der Waals surface area contributed by atoms with Crippen LogP contribution in [-0.4, -0.2) is 50.5 Å². The van der Waals surface area contributed by atoms with Gasteiger partial charge in [0.15, 0.2) is 0 Å². The second kappa shape index (κ2) is 8.21. The first kappa shape index (κ1) is 18.2. The number of hydrogen-bond acceptors (Lipinski definition) is 5. The van der Waals surface area contributed by atoms with E-state index in [1.54, 1.807) is 31.6 Å². The highest BCUT2D eigenvalue weighted by atomic mass is 16.5. The number of imidazole rings is 1. The van der Waals surface area contributed by atoms with Crippen LogP contribution in [-0.2, 0) is 6.54 Å². The minimum atomic E-state index is 0.00762. The molecule has 0 N–H and O–H groups in total. The summed E-state index contributed by atoms with van der Waals surface area (Å²) in [5.41, 5.74) is 1.60. The molecule has 1 fully saturated rings. The average Bonchev–Trinajstić information content (AvgIpc) is 3.22. The molecule has 1 saturated heterocycles. The predicted octanol–water partition coefficient (Wildman–Crippen LogP) is 2.75. The fourth-order valence-corrected chi connectivity index (χ4v) is 3.69. The van der Waals surface area contributed by atoms with E-state index in [2.05, 4.69) is 19.5 Å². The molecular weight excluding hydrogens is 354 g/mol. The minimum Gasteiger partial charge on any atom is -0.481 e. The van der Waals surface area contributed by atoms with Crippen molar-refractivity contribution in [3.8, 4) is 5.88 Å². The molecule has 4 rings (SSSR count). The normalized spacial score (nSPS) is 16.8. The van der Waals surface area contributed by atoms with Crippen LogP contribution >= 0.6 is 0 Å². The Morgan fingerprint density at radius 2 is 2.11 bits per heavy atom. The topological polar surface area (TPSA) is 73.1 Å². The van der Waals surface area contributed by atoms with Crippen LogP contribution < -0.4 is 4.74 Å². The van der Waals surface area contributed by atoms with Crippen molar-refractivity contribution < 1.29 is 9.53 Å². The van der Waals surface area contributed by atoms with Gasteiger partial charge in [0.25, 0.3) is 5.91 Å². The monoisotopic (exact) mass is 377 g/mol. The molecule has 3 aromatic heterocycles. The summed E-state index contributed by atoms with van der Waals surface area (Å²) in [6, 6.07) is 9.34. The smallest absolute Gasteiger partial charge is 0.254 e. The number of methoxy groups -OCH3 is 1. The van der Waals surface area contributed by atoms with Gasteiger partial charge < -0.3 is 14.2 Å². The fraction of sp³-hybridized carbons (Fsp3) is 0.333. The maximum Gasteiger partial charge on any atom is 0.254 e. The van der Waals surface area contributed by atoms with Crippen molar-refractivity contribution in [2.24, 2.45) is 0 Å². The van der Waals surface area contributed by atoms with Crippen LogP contribution in [0.25, 0.3) is 0 Å². The number of ether oxygens (including phenoxy) is 1. The van der Waals surface area contributed by atoms with Crippen LogP contribution in [0.3, 0.4) is 0 Å². The lowest BCUT2D eigenvalue weighted by Crippen LogP contribution is -2.39. The van der Waals surface area contributed by atoms with Crippen LogP contribution in [0.4, 0.5) is 0 Å². The molecule has 3 aromatic rings. The minimum absolute atomic E-state index is 0.00762. The summed E-state index contributed by atoms with van der Waals surface area (Å²) >= 11 is 0. The first-order valence-electron chi connectivity index (χ1n) is 9.45. The summed E-state index contributed by atoms with van der Waals surface area (Å²) < 4.78 is 7.28. The first-order chi connectivity index (χ1) is 13.7. The van der Waals surface area contributed by atoms with Gasteiger partial charge in [-0.3, -0.25) is 9.78 Å². The Labute approximate surface area is 164 Å². The van der Waals surface area contributed by atoms with Crippen LogP contribution in [0.15, 0.2) is 55.1 Å². The number of amides is 1. The van der Waals surface area contributed by atoms with E-state index >= 15 is 0 Å². The van der Waals surface area contributed by atoms with Gasteiger partial charge in [-0.25, -0.2) is 9.97 Å². The van der Waals surface area contributed by atoms with Crippen molar-refractivity contribution in [2.75, 3.05) is 20.2 Å². The highest BCUT2D eigenvalue weighted by molar-refractivity contribution is 5.94. The zero-order chi connectivity index (χ0) is 19.3. The molecule has 1 amide bonds. The summed E-state index contributed by atoms with van der Waals surface area (Å²) in [6.45, 7) is 2.09. The fourth-order valence-electron chi connectivity index (χ4n) is 3.69. The summed E-state index contributed by atoms with van der Waals surface area (Å²) in [7, 11) is 1.55. The molecule has 0 radical (unpaired) electrons. The lowest BCUT2D eigenvalue weighted by Gasteiger charge is -2.32. The molecule has 7 heteroatoms. The van der Waals surface area contributed by atoms with E-state index in [-0.39, 0.29) is 11.8 Å². The second-order valence-corrected chi connectivity index (χ2v) is 6.91. The standard InChI is InChI=1S/C21H23N5O2/c1-28-19-13-16(7-9-23-19)21(27)26-11-4-5-17(14-26)20-24-10-12-25(20)15-18-6-2-3-8-22-18/h2-3,6-10,12-13,17H,4-5,11,14-15H2,1H3. The molecule has 4 heterocycles. The van der Waals surface area contributed by atoms with Gasteiger partial charge in [0.1, 0.15) is 5.82 Å². The molecule has 7 nitrogen and oxygen atoms in total. The van der Waals surface area contributed by atoms with Gasteiger partial charge in [-0.1, -0.05) is 6.07 Å². The van der Waals surface area contributed by atoms with Crippen molar-refractivity contribution in [3.63, 3.8) is 0 Å². The molecule has 1 unspecified atom stereocenters. The number of nitrogens with zero attached hydrogens (tertiary/aromatic N) is 5. The van der Waals surface area contributed by atoms with E-state index in [9.17, 15) is 4.79 Å². The number of carbonyl (C=O) groups is 1. The van der Waals surface area contributed by atoms with Crippen LogP contribution in [0, 0.1) is 0 Å². The number of piperidine rings is 1. The number of hydrogen-bond donors (Lipinski definition) is 0. The van der Waals surface area contributed by atoms with Gasteiger partial charge >= 0.3 is 0 Å². The van der Waals surface area contributed by atoms with Gasteiger partial charge in [-0.2, -0.15) is 0 Å². The molecule has 28 heavy (non-hydrogen) atoms. The number of carbonyl (C=O) groups excluding carboxylic acids is 1. The summed E-state index contributed by atoms with van der Waals surface area (Å²) in [5.74, 6) is 1.68. The zero-order valence-electron chi connectivity index (χ0n) is 15.9. The predicted molar refractivity (Wildman–Crippen MR) is 104 cm³/mol. The van der Waals surface area contributed by atoms with Crippen molar-refractivity contribution in [3.05, 3.63) is 72.2 Å². The molecule has 0 aliphatic carbocycles. The molecule has 0 bridgehead atoms. The highest BCUT2D eigenvalue weighted by Gasteiger charge is 2.28. The number of aromatic nitrogens is 4. The largest absolute Gasteiger partial charge is 0.481 e. The van der Waals surface area contributed by atoms with Gasteiger partial charge in [0.05, 0.1) is 19.3 Å². The molecule has 1 aliphatic heterocycles. The van der Waals surface area contributed by atoms with Gasteiger partial charge in [0.2, 0.25) is 5.88 Å².